The standard InChI is InChI=1S/C19H21N5O/c1-2-9-21-19(5-1)25-15-18-7-11-24-17(6-10-22-24)14-23(18)13-16-4-3-8-20-12-16/h1-6,8-10,12,18H,7,11,13-15H2/t18-/m1/s1. The van der Waals surface area contributed by atoms with Crippen LogP contribution in [0.25, 0.3) is 0 Å². The smallest absolute Gasteiger partial charge is 0.213 e. The molecule has 0 spiro atoms. The summed E-state index contributed by atoms with van der Waals surface area (Å²) >= 11 is 0. The molecule has 25 heavy (non-hydrogen) atoms. The molecule has 6 nitrogen and oxygen atoms in total. The van der Waals surface area contributed by atoms with Crippen LogP contribution in [0.15, 0.2) is 61.2 Å². The second kappa shape index (κ2) is 7.44. The molecule has 3 aromatic heterocycles. The minimum Gasteiger partial charge on any atom is -0.476 e. The van der Waals surface area contributed by atoms with Crippen LogP contribution in [0.3, 0.4) is 0 Å². The van der Waals surface area contributed by atoms with E-state index in [9.17, 15) is 0 Å². The molecule has 0 fully saturated rings. The Balaban J connectivity index is 1.51. The fraction of sp³-hybridized carbons (Fsp3) is 0.316. The summed E-state index contributed by atoms with van der Waals surface area (Å²) in [4.78, 5) is 10.9. The van der Waals surface area contributed by atoms with E-state index < -0.39 is 0 Å². The van der Waals surface area contributed by atoms with Gasteiger partial charge in [-0.25, -0.2) is 4.98 Å². The van der Waals surface area contributed by atoms with Crippen LogP contribution in [0, 0.1) is 0 Å². The van der Waals surface area contributed by atoms with E-state index in [1.54, 1.807) is 6.20 Å². The van der Waals surface area contributed by atoms with Crippen molar-refractivity contribution in [3.63, 3.8) is 0 Å². The van der Waals surface area contributed by atoms with Crippen LogP contribution in [-0.4, -0.2) is 37.3 Å². The fourth-order valence-electron chi connectivity index (χ4n) is 3.20. The largest absolute Gasteiger partial charge is 0.476 e. The summed E-state index contributed by atoms with van der Waals surface area (Å²) in [6.45, 7) is 3.21. The molecule has 0 radical (unpaired) electrons. The highest BCUT2D eigenvalue weighted by atomic mass is 16.5. The predicted octanol–water partition coefficient (Wildman–Crippen LogP) is 2.53. The molecule has 4 heterocycles. The van der Waals surface area contributed by atoms with Gasteiger partial charge in [0.15, 0.2) is 0 Å². The van der Waals surface area contributed by atoms with Gasteiger partial charge in [-0.2, -0.15) is 5.10 Å². The van der Waals surface area contributed by atoms with Crippen molar-refractivity contribution in [1.29, 1.82) is 0 Å². The quantitative estimate of drug-likeness (QED) is 0.717. The zero-order chi connectivity index (χ0) is 16.9. The maximum Gasteiger partial charge on any atom is 0.213 e. The van der Waals surface area contributed by atoms with Crippen molar-refractivity contribution in [2.75, 3.05) is 6.61 Å². The van der Waals surface area contributed by atoms with Crippen LogP contribution in [0.2, 0.25) is 0 Å². The van der Waals surface area contributed by atoms with Crippen molar-refractivity contribution in [3.8, 4) is 5.88 Å². The first-order valence-electron chi connectivity index (χ1n) is 8.56. The van der Waals surface area contributed by atoms with Gasteiger partial charge in [0, 0.05) is 56.5 Å². The Kier molecular flexibility index (Phi) is 4.70. The molecule has 1 aliphatic heterocycles. The van der Waals surface area contributed by atoms with Gasteiger partial charge in [0.05, 0.1) is 5.69 Å². The molecular formula is C19H21N5O. The number of ether oxygens (including phenoxy) is 1. The molecule has 4 rings (SSSR count). The van der Waals surface area contributed by atoms with E-state index in [4.69, 9.17) is 4.74 Å². The molecule has 3 aromatic rings. The lowest BCUT2D eigenvalue weighted by molar-refractivity contribution is 0.116. The molecule has 0 saturated carbocycles. The van der Waals surface area contributed by atoms with Crippen molar-refractivity contribution >= 4 is 0 Å². The summed E-state index contributed by atoms with van der Waals surface area (Å²) in [7, 11) is 0. The maximum absolute atomic E-state index is 5.95. The summed E-state index contributed by atoms with van der Waals surface area (Å²) in [6.07, 6.45) is 8.36. The van der Waals surface area contributed by atoms with E-state index in [0.29, 0.717) is 18.5 Å². The van der Waals surface area contributed by atoms with Gasteiger partial charge in [0.1, 0.15) is 6.61 Å². The predicted molar refractivity (Wildman–Crippen MR) is 93.8 cm³/mol. The molecule has 128 valence electrons. The molecule has 0 amide bonds. The molecule has 0 aliphatic carbocycles. The lowest BCUT2D eigenvalue weighted by Crippen LogP contribution is -2.38. The third kappa shape index (κ3) is 3.85. The third-order valence-corrected chi connectivity index (χ3v) is 4.53. The lowest BCUT2D eigenvalue weighted by atomic mass is 10.1. The summed E-state index contributed by atoms with van der Waals surface area (Å²) in [5.41, 5.74) is 2.45. The Morgan fingerprint density at radius 2 is 2.08 bits per heavy atom. The summed E-state index contributed by atoms with van der Waals surface area (Å²) in [5, 5.41) is 4.44. The van der Waals surface area contributed by atoms with Crippen LogP contribution >= 0.6 is 0 Å². The topological polar surface area (TPSA) is 56.1 Å². The van der Waals surface area contributed by atoms with Crippen molar-refractivity contribution in [2.24, 2.45) is 0 Å². The molecule has 1 atom stereocenters. The summed E-state index contributed by atoms with van der Waals surface area (Å²) in [5.74, 6) is 0.672. The maximum atomic E-state index is 5.95. The Hall–Kier alpha value is -2.73. The number of hydrogen-bond donors (Lipinski definition) is 0. The molecule has 0 saturated heterocycles. The Morgan fingerprint density at radius 1 is 1.08 bits per heavy atom. The number of aromatic nitrogens is 4. The van der Waals surface area contributed by atoms with Crippen LogP contribution < -0.4 is 4.74 Å². The average Bonchev–Trinajstić information content (AvgIpc) is 3.03. The first kappa shape index (κ1) is 15.8. The molecule has 0 aromatic carbocycles. The number of hydrogen-bond acceptors (Lipinski definition) is 5. The normalized spacial score (nSPS) is 17.7. The monoisotopic (exact) mass is 335 g/mol. The van der Waals surface area contributed by atoms with Gasteiger partial charge in [-0.3, -0.25) is 14.6 Å². The highest BCUT2D eigenvalue weighted by Crippen LogP contribution is 2.20. The fourth-order valence-corrected chi connectivity index (χ4v) is 3.20. The number of rotatable bonds is 5. The van der Waals surface area contributed by atoms with E-state index in [-0.39, 0.29) is 0 Å². The van der Waals surface area contributed by atoms with Gasteiger partial charge >= 0.3 is 0 Å². The van der Waals surface area contributed by atoms with Crippen LogP contribution in [0.1, 0.15) is 17.7 Å². The van der Waals surface area contributed by atoms with E-state index >= 15 is 0 Å². The first-order valence-corrected chi connectivity index (χ1v) is 8.56. The van der Waals surface area contributed by atoms with Crippen molar-refractivity contribution in [1.82, 2.24) is 24.6 Å². The Labute approximate surface area is 147 Å². The zero-order valence-electron chi connectivity index (χ0n) is 14.0. The van der Waals surface area contributed by atoms with Crippen molar-refractivity contribution < 1.29 is 4.74 Å². The van der Waals surface area contributed by atoms with E-state index in [2.05, 4.69) is 36.8 Å². The number of fused-ring (bicyclic) bond motifs is 1. The van der Waals surface area contributed by atoms with Gasteiger partial charge in [-0.1, -0.05) is 12.1 Å². The summed E-state index contributed by atoms with van der Waals surface area (Å²) in [6, 6.07) is 12.2. The van der Waals surface area contributed by atoms with Gasteiger partial charge in [-0.05, 0) is 30.2 Å². The van der Waals surface area contributed by atoms with E-state index in [1.165, 1.54) is 11.3 Å². The Morgan fingerprint density at radius 3 is 2.92 bits per heavy atom. The van der Waals surface area contributed by atoms with Gasteiger partial charge < -0.3 is 4.74 Å². The molecular weight excluding hydrogens is 314 g/mol. The van der Waals surface area contributed by atoms with Crippen molar-refractivity contribution in [2.45, 2.75) is 32.1 Å². The van der Waals surface area contributed by atoms with Crippen LogP contribution in [-0.2, 0) is 19.6 Å². The zero-order valence-corrected chi connectivity index (χ0v) is 14.0. The summed E-state index contributed by atoms with van der Waals surface area (Å²) < 4.78 is 8.04. The molecule has 1 aliphatic rings. The van der Waals surface area contributed by atoms with Gasteiger partial charge in [0.25, 0.3) is 0 Å². The minimum atomic E-state index is 0.295. The van der Waals surface area contributed by atoms with E-state index in [0.717, 1.165) is 26.1 Å². The molecule has 0 N–H and O–H groups in total. The Bertz CT molecular complexity index is 790. The molecule has 0 unspecified atom stereocenters. The SMILES string of the molecule is c1ccc(OC[C@H]2CCn3nccc3CN2Cc2cccnc2)nc1. The highest BCUT2D eigenvalue weighted by Gasteiger charge is 2.25. The average molecular weight is 335 g/mol. The second-order valence-corrected chi connectivity index (χ2v) is 6.23. The molecule has 0 bridgehead atoms. The lowest BCUT2D eigenvalue weighted by Gasteiger charge is -2.29. The highest BCUT2D eigenvalue weighted by molar-refractivity contribution is 5.11. The van der Waals surface area contributed by atoms with Crippen LogP contribution in [0.5, 0.6) is 5.88 Å². The number of aryl methyl sites for hydroxylation is 1. The number of pyridine rings is 2. The van der Waals surface area contributed by atoms with E-state index in [1.807, 2.05) is 42.9 Å². The first-order chi connectivity index (χ1) is 12.4. The number of nitrogens with zero attached hydrogens (tertiary/aromatic N) is 5. The van der Waals surface area contributed by atoms with Gasteiger partial charge in [-0.15, -0.1) is 0 Å². The second-order valence-electron chi connectivity index (χ2n) is 6.23. The molecule has 6 heteroatoms. The van der Waals surface area contributed by atoms with Crippen molar-refractivity contribution in [3.05, 3.63) is 72.4 Å². The minimum absolute atomic E-state index is 0.295. The third-order valence-electron chi connectivity index (χ3n) is 4.53. The van der Waals surface area contributed by atoms with Crippen LogP contribution in [0.4, 0.5) is 0 Å². The van der Waals surface area contributed by atoms with Gasteiger partial charge in [0.2, 0.25) is 5.88 Å².